The summed E-state index contributed by atoms with van der Waals surface area (Å²) in [6.45, 7) is 5.03. The van der Waals surface area contributed by atoms with Crippen molar-refractivity contribution in [3.05, 3.63) is 78.9 Å². The van der Waals surface area contributed by atoms with Crippen LogP contribution in [0.25, 0.3) is 22.2 Å². The Morgan fingerprint density at radius 3 is 2.58 bits per heavy atom. The van der Waals surface area contributed by atoms with Crippen molar-refractivity contribution in [2.75, 3.05) is 51.6 Å². The number of fused-ring (bicyclic) bond motifs is 1. The molecule has 1 amide bonds. The molecule has 0 aliphatic heterocycles. The lowest BCUT2D eigenvalue weighted by atomic mass is 10.1. The molecule has 0 unspecified atom stereocenters. The van der Waals surface area contributed by atoms with Crippen LogP contribution in [0.3, 0.4) is 0 Å². The zero-order chi connectivity index (χ0) is 29.0. The van der Waals surface area contributed by atoms with Crippen molar-refractivity contribution in [2.24, 2.45) is 0 Å². The van der Waals surface area contributed by atoms with Gasteiger partial charge in [0.1, 0.15) is 11.6 Å². The molecular weight excluding hydrogens is 521 g/mol. The van der Waals surface area contributed by atoms with Crippen molar-refractivity contribution in [3.8, 4) is 17.0 Å². The SMILES string of the molecule is C=CC(=O)Nc1cc(Cc2nccc(-c3cn(C(F)(F)F)c4ccccc34)n2)c(OC)cc1N(C)CCN(C)C. The van der Waals surface area contributed by atoms with Gasteiger partial charge in [-0.05, 0) is 38.4 Å². The van der Waals surface area contributed by atoms with Gasteiger partial charge >= 0.3 is 6.30 Å². The number of ether oxygens (including phenoxy) is 1. The van der Waals surface area contributed by atoms with E-state index >= 15 is 0 Å². The average molecular weight is 553 g/mol. The zero-order valence-corrected chi connectivity index (χ0v) is 22.8. The van der Waals surface area contributed by atoms with Crippen LogP contribution in [0.15, 0.2) is 67.5 Å². The predicted octanol–water partition coefficient (Wildman–Crippen LogP) is 5.30. The maximum absolute atomic E-state index is 13.7. The van der Waals surface area contributed by atoms with Gasteiger partial charge in [-0.3, -0.25) is 9.36 Å². The van der Waals surface area contributed by atoms with Crippen LogP contribution < -0.4 is 15.0 Å². The molecule has 0 atom stereocenters. The topological polar surface area (TPSA) is 75.5 Å². The summed E-state index contributed by atoms with van der Waals surface area (Å²) in [5.41, 5.74) is 2.77. The summed E-state index contributed by atoms with van der Waals surface area (Å²) in [4.78, 5) is 25.3. The van der Waals surface area contributed by atoms with E-state index in [0.717, 1.165) is 18.4 Å². The number of benzene rings is 2. The first-order valence-corrected chi connectivity index (χ1v) is 12.5. The number of carbonyl (C=O) groups is 1. The highest BCUT2D eigenvalue weighted by molar-refractivity contribution is 6.01. The molecule has 0 radical (unpaired) electrons. The molecule has 2 heterocycles. The van der Waals surface area contributed by atoms with Crippen molar-refractivity contribution in [1.82, 2.24) is 19.4 Å². The molecule has 2 aromatic carbocycles. The number of likely N-dealkylation sites (N-methyl/N-ethyl adjacent to an activating group) is 2. The Bertz CT molecular complexity index is 1530. The van der Waals surface area contributed by atoms with Crippen LogP contribution >= 0.6 is 0 Å². The van der Waals surface area contributed by atoms with Gasteiger partial charge in [0.05, 0.1) is 29.7 Å². The van der Waals surface area contributed by atoms with E-state index in [4.69, 9.17) is 4.74 Å². The van der Waals surface area contributed by atoms with Crippen molar-refractivity contribution in [2.45, 2.75) is 12.7 Å². The fourth-order valence-corrected chi connectivity index (χ4v) is 4.41. The number of anilines is 2. The average Bonchev–Trinajstić information content (AvgIpc) is 3.32. The van der Waals surface area contributed by atoms with Gasteiger partial charge in [-0.2, -0.15) is 0 Å². The van der Waals surface area contributed by atoms with E-state index < -0.39 is 6.30 Å². The molecule has 8 nitrogen and oxygen atoms in total. The Labute approximate surface area is 230 Å². The predicted molar refractivity (Wildman–Crippen MR) is 151 cm³/mol. The molecule has 0 saturated carbocycles. The van der Waals surface area contributed by atoms with Gasteiger partial charge < -0.3 is 19.9 Å². The van der Waals surface area contributed by atoms with E-state index in [-0.39, 0.29) is 17.8 Å². The van der Waals surface area contributed by atoms with Gasteiger partial charge in [0.2, 0.25) is 5.91 Å². The molecule has 2 aromatic heterocycles. The third kappa shape index (κ3) is 6.26. The molecule has 210 valence electrons. The van der Waals surface area contributed by atoms with E-state index in [1.165, 1.54) is 18.3 Å². The molecule has 11 heteroatoms. The molecule has 4 aromatic rings. The van der Waals surface area contributed by atoms with Gasteiger partial charge in [0.15, 0.2) is 0 Å². The standard InChI is InChI=1S/C29H31F3N6O2/c1-6-28(39)35-23-15-19(26(40-5)17-25(23)37(4)14-13-36(2)3)16-27-33-12-11-22(34-27)21-18-38(29(30,31)32)24-10-8-7-9-20(21)24/h6-12,15,17-18H,1,13-14,16H2,2-5H3,(H,35,39). The first-order chi connectivity index (χ1) is 19.0. The van der Waals surface area contributed by atoms with Gasteiger partial charge in [0.25, 0.3) is 0 Å². The molecule has 1 N–H and O–H groups in total. The van der Waals surface area contributed by atoms with Crippen molar-refractivity contribution < 1.29 is 22.7 Å². The van der Waals surface area contributed by atoms with Crippen LogP contribution in [0.4, 0.5) is 24.5 Å². The zero-order valence-electron chi connectivity index (χ0n) is 22.8. The summed E-state index contributed by atoms with van der Waals surface area (Å²) in [6, 6.07) is 11.5. The normalized spacial score (nSPS) is 11.6. The maximum Gasteiger partial charge on any atom is 0.488 e. The molecule has 0 aliphatic rings. The Balaban J connectivity index is 1.74. The van der Waals surface area contributed by atoms with Gasteiger partial charge in [-0.25, -0.2) is 9.97 Å². The Hall–Kier alpha value is -4.38. The minimum atomic E-state index is -4.57. The lowest BCUT2D eigenvalue weighted by Crippen LogP contribution is -2.29. The number of alkyl halides is 3. The molecule has 0 aliphatic carbocycles. The summed E-state index contributed by atoms with van der Waals surface area (Å²) >= 11 is 0. The maximum atomic E-state index is 13.7. The summed E-state index contributed by atoms with van der Waals surface area (Å²) in [5.74, 6) is 0.581. The third-order valence-electron chi connectivity index (χ3n) is 6.45. The minimum Gasteiger partial charge on any atom is -0.496 e. The second-order valence-corrected chi connectivity index (χ2v) is 9.53. The van der Waals surface area contributed by atoms with E-state index in [1.54, 1.807) is 37.4 Å². The monoisotopic (exact) mass is 552 g/mol. The van der Waals surface area contributed by atoms with Gasteiger partial charge in [-0.1, -0.05) is 24.8 Å². The summed E-state index contributed by atoms with van der Waals surface area (Å²) in [7, 11) is 7.43. The second-order valence-electron chi connectivity index (χ2n) is 9.53. The summed E-state index contributed by atoms with van der Waals surface area (Å²) < 4.78 is 47.1. The fraction of sp³-hybridized carbons (Fsp3) is 0.276. The van der Waals surface area contributed by atoms with Gasteiger partial charge in [-0.15, -0.1) is 13.2 Å². The highest BCUT2D eigenvalue weighted by atomic mass is 19.4. The highest BCUT2D eigenvalue weighted by Crippen LogP contribution is 2.37. The van der Waals surface area contributed by atoms with Gasteiger partial charge in [0, 0.05) is 61.5 Å². The first kappa shape index (κ1) is 28.6. The van der Waals surface area contributed by atoms with E-state index in [9.17, 15) is 18.0 Å². The van der Waals surface area contributed by atoms with Crippen molar-refractivity contribution >= 4 is 28.2 Å². The number of nitrogens with zero attached hydrogens (tertiary/aromatic N) is 5. The van der Waals surface area contributed by atoms with Crippen LogP contribution in [0.2, 0.25) is 0 Å². The summed E-state index contributed by atoms with van der Waals surface area (Å²) in [5, 5.41) is 3.29. The van der Waals surface area contributed by atoms with Crippen LogP contribution in [-0.4, -0.2) is 66.7 Å². The van der Waals surface area contributed by atoms with Crippen LogP contribution in [0.1, 0.15) is 11.4 Å². The van der Waals surface area contributed by atoms with Crippen LogP contribution in [0.5, 0.6) is 5.75 Å². The van der Waals surface area contributed by atoms with Crippen molar-refractivity contribution in [1.29, 1.82) is 0 Å². The molecule has 0 spiro atoms. The van der Waals surface area contributed by atoms with E-state index in [0.29, 0.717) is 50.6 Å². The first-order valence-electron chi connectivity index (χ1n) is 12.5. The van der Waals surface area contributed by atoms with Crippen LogP contribution in [0, 0.1) is 0 Å². The Kier molecular flexibility index (Phi) is 8.43. The van der Waals surface area contributed by atoms with Crippen molar-refractivity contribution in [3.63, 3.8) is 0 Å². The lowest BCUT2D eigenvalue weighted by molar-refractivity contribution is -0.200. The number of methoxy groups -OCH3 is 1. The second kappa shape index (κ2) is 11.8. The number of hydrogen-bond donors (Lipinski definition) is 1. The largest absolute Gasteiger partial charge is 0.496 e. The minimum absolute atomic E-state index is 0.0448. The molecule has 40 heavy (non-hydrogen) atoms. The molecule has 4 rings (SSSR count). The molecule has 0 fully saturated rings. The van der Waals surface area contributed by atoms with E-state index in [1.807, 2.05) is 32.1 Å². The highest BCUT2D eigenvalue weighted by Gasteiger charge is 2.33. The van der Waals surface area contributed by atoms with E-state index in [2.05, 4.69) is 26.8 Å². The quantitative estimate of drug-likeness (QED) is 0.269. The Morgan fingerprint density at radius 1 is 1.15 bits per heavy atom. The molecule has 0 saturated heterocycles. The fourth-order valence-electron chi connectivity index (χ4n) is 4.41. The lowest BCUT2D eigenvalue weighted by Gasteiger charge is -2.25. The number of para-hydroxylation sites is 1. The molecule has 0 bridgehead atoms. The number of hydrogen-bond acceptors (Lipinski definition) is 6. The number of aromatic nitrogens is 3. The summed E-state index contributed by atoms with van der Waals surface area (Å²) in [6.07, 6.45) is -0.591. The number of nitrogens with one attached hydrogen (secondary N) is 1. The number of halogens is 3. The Morgan fingerprint density at radius 2 is 1.90 bits per heavy atom. The molecular formula is C29H31F3N6O2. The van der Waals surface area contributed by atoms with Crippen LogP contribution in [-0.2, 0) is 17.5 Å². The third-order valence-corrected chi connectivity index (χ3v) is 6.45. The number of rotatable bonds is 10. The number of amides is 1. The number of carbonyl (C=O) groups excluding carboxylic acids is 1. The smallest absolute Gasteiger partial charge is 0.488 e.